The summed E-state index contributed by atoms with van der Waals surface area (Å²) in [6, 6.07) is 1.30. The fraction of sp³-hybridized carbons (Fsp3) is 0.824. The van der Waals surface area contributed by atoms with Crippen LogP contribution in [0.2, 0.25) is 0 Å². The van der Waals surface area contributed by atoms with Gasteiger partial charge in [-0.15, -0.1) is 11.3 Å². The second kappa shape index (κ2) is 7.70. The topological polar surface area (TPSA) is 28.2 Å². The Kier molecular flexibility index (Phi) is 6.20. The second-order valence-electron chi connectivity index (χ2n) is 6.53. The molecule has 0 saturated carbocycles. The van der Waals surface area contributed by atoms with E-state index in [-0.39, 0.29) is 0 Å². The largest absolute Gasteiger partial charge is 0.311 e. The van der Waals surface area contributed by atoms with Crippen molar-refractivity contribution in [2.45, 2.75) is 72.5 Å². The summed E-state index contributed by atoms with van der Waals surface area (Å²) in [4.78, 5) is 8.80. The van der Waals surface area contributed by atoms with Gasteiger partial charge in [-0.3, -0.25) is 4.90 Å². The second-order valence-corrected chi connectivity index (χ2v) is 7.81. The van der Waals surface area contributed by atoms with Gasteiger partial charge in [-0.2, -0.15) is 0 Å². The Hall–Kier alpha value is -0.450. The average Bonchev–Trinajstić information content (AvgIpc) is 2.77. The van der Waals surface area contributed by atoms with Crippen LogP contribution in [-0.2, 0) is 6.54 Å². The van der Waals surface area contributed by atoms with Gasteiger partial charge in [0.15, 0.2) is 0 Å². The summed E-state index contributed by atoms with van der Waals surface area (Å²) in [6.07, 6.45) is 3.78. The zero-order valence-electron chi connectivity index (χ0n) is 14.3. The third-order valence-corrected chi connectivity index (χ3v) is 5.95. The molecule has 2 heterocycles. The van der Waals surface area contributed by atoms with Gasteiger partial charge >= 0.3 is 0 Å². The van der Waals surface area contributed by atoms with Crippen LogP contribution in [0.25, 0.3) is 0 Å². The first-order chi connectivity index (χ1) is 10.0. The molecule has 3 unspecified atom stereocenters. The molecule has 1 aromatic heterocycles. The molecule has 0 amide bonds. The van der Waals surface area contributed by atoms with E-state index in [0.717, 1.165) is 19.0 Å². The van der Waals surface area contributed by atoms with Crippen LogP contribution in [-0.4, -0.2) is 35.1 Å². The van der Waals surface area contributed by atoms with E-state index in [2.05, 4.69) is 44.8 Å². The number of aryl methyl sites for hydroxylation is 2. The van der Waals surface area contributed by atoms with Crippen molar-refractivity contribution < 1.29 is 0 Å². The average molecular weight is 310 g/mol. The molecular formula is C17H31N3S. The Morgan fingerprint density at radius 2 is 2.14 bits per heavy atom. The Labute approximate surface area is 134 Å². The Morgan fingerprint density at radius 3 is 2.71 bits per heavy atom. The predicted octanol–water partition coefficient (Wildman–Crippen LogP) is 3.75. The molecule has 1 aliphatic rings. The minimum Gasteiger partial charge on any atom is -0.311 e. The summed E-state index contributed by atoms with van der Waals surface area (Å²) in [6.45, 7) is 14.6. The maximum Gasteiger partial charge on any atom is 0.107 e. The number of aromatic nitrogens is 1. The van der Waals surface area contributed by atoms with Crippen LogP contribution in [0.4, 0.5) is 0 Å². The van der Waals surface area contributed by atoms with Gasteiger partial charge in [0.1, 0.15) is 5.01 Å². The van der Waals surface area contributed by atoms with Gasteiger partial charge in [-0.05, 0) is 26.2 Å². The van der Waals surface area contributed by atoms with Gasteiger partial charge in [0.2, 0.25) is 0 Å². The van der Waals surface area contributed by atoms with E-state index < -0.39 is 0 Å². The molecule has 2 rings (SSSR count). The molecule has 1 aromatic rings. The van der Waals surface area contributed by atoms with Crippen LogP contribution >= 0.6 is 11.3 Å². The molecule has 0 bridgehead atoms. The highest BCUT2D eigenvalue weighted by Crippen LogP contribution is 2.24. The zero-order chi connectivity index (χ0) is 15.4. The third-order valence-electron chi connectivity index (χ3n) is 4.89. The molecule has 3 nitrogen and oxygen atoms in total. The molecule has 0 aromatic carbocycles. The van der Waals surface area contributed by atoms with Crippen LogP contribution in [0.3, 0.4) is 0 Å². The standard InChI is InChI=1S/C17H31N3S/c1-6-8-15-10-20(16(9-18-15)12(3)7-2)11-17-19-13(4)14(5)21-17/h12,15-16,18H,6-11H2,1-5H3. The molecule has 1 fully saturated rings. The lowest BCUT2D eigenvalue weighted by molar-refractivity contribution is 0.0817. The molecule has 21 heavy (non-hydrogen) atoms. The molecule has 120 valence electrons. The number of nitrogens with zero attached hydrogens (tertiary/aromatic N) is 2. The van der Waals surface area contributed by atoms with Crippen molar-refractivity contribution in [2.75, 3.05) is 13.1 Å². The van der Waals surface area contributed by atoms with Crippen molar-refractivity contribution in [2.24, 2.45) is 5.92 Å². The molecule has 0 radical (unpaired) electrons. The van der Waals surface area contributed by atoms with Crippen molar-refractivity contribution in [3.63, 3.8) is 0 Å². The van der Waals surface area contributed by atoms with E-state index in [9.17, 15) is 0 Å². The van der Waals surface area contributed by atoms with Crippen LogP contribution in [0.15, 0.2) is 0 Å². The first-order valence-corrected chi connectivity index (χ1v) is 9.27. The lowest BCUT2D eigenvalue weighted by Gasteiger charge is -2.42. The van der Waals surface area contributed by atoms with Gasteiger partial charge in [0, 0.05) is 30.1 Å². The van der Waals surface area contributed by atoms with E-state index in [1.807, 2.05) is 11.3 Å². The van der Waals surface area contributed by atoms with Gasteiger partial charge < -0.3 is 5.32 Å². The van der Waals surface area contributed by atoms with Crippen molar-refractivity contribution in [3.8, 4) is 0 Å². The van der Waals surface area contributed by atoms with Gasteiger partial charge in [0.05, 0.1) is 12.2 Å². The van der Waals surface area contributed by atoms with Crippen molar-refractivity contribution in [3.05, 3.63) is 15.6 Å². The first kappa shape index (κ1) is 16.9. The third kappa shape index (κ3) is 4.27. The monoisotopic (exact) mass is 309 g/mol. The molecule has 1 saturated heterocycles. The number of thiazole rings is 1. The molecule has 1 N–H and O–H groups in total. The van der Waals surface area contributed by atoms with Crippen LogP contribution in [0.5, 0.6) is 0 Å². The maximum absolute atomic E-state index is 4.75. The molecule has 3 atom stereocenters. The van der Waals surface area contributed by atoms with Gasteiger partial charge in [-0.1, -0.05) is 33.6 Å². The number of hydrogen-bond acceptors (Lipinski definition) is 4. The normalized spacial score (nSPS) is 25.2. The highest BCUT2D eigenvalue weighted by molar-refractivity contribution is 7.11. The maximum atomic E-state index is 4.75. The highest BCUT2D eigenvalue weighted by Gasteiger charge is 2.31. The number of hydrogen-bond donors (Lipinski definition) is 1. The van der Waals surface area contributed by atoms with Crippen LogP contribution in [0.1, 0.15) is 55.6 Å². The van der Waals surface area contributed by atoms with Gasteiger partial charge in [0.25, 0.3) is 0 Å². The van der Waals surface area contributed by atoms with E-state index in [1.165, 1.54) is 41.4 Å². The zero-order valence-corrected chi connectivity index (χ0v) is 15.1. The Morgan fingerprint density at radius 1 is 1.38 bits per heavy atom. The molecule has 0 aliphatic carbocycles. The van der Waals surface area contributed by atoms with E-state index >= 15 is 0 Å². The highest BCUT2D eigenvalue weighted by atomic mass is 32.1. The van der Waals surface area contributed by atoms with Crippen molar-refractivity contribution >= 4 is 11.3 Å². The summed E-state index contributed by atoms with van der Waals surface area (Å²) in [5.41, 5.74) is 1.20. The van der Waals surface area contributed by atoms with E-state index in [1.54, 1.807) is 0 Å². The van der Waals surface area contributed by atoms with Gasteiger partial charge in [-0.25, -0.2) is 4.98 Å². The number of piperazine rings is 1. The van der Waals surface area contributed by atoms with E-state index in [4.69, 9.17) is 4.98 Å². The predicted molar refractivity (Wildman–Crippen MR) is 91.9 cm³/mol. The number of rotatable bonds is 6. The Bertz CT molecular complexity index is 424. The quantitative estimate of drug-likeness (QED) is 0.867. The van der Waals surface area contributed by atoms with E-state index in [0.29, 0.717) is 12.1 Å². The van der Waals surface area contributed by atoms with Crippen molar-refractivity contribution in [1.82, 2.24) is 15.2 Å². The fourth-order valence-corrected chi connectivity index (χ4v) is 4.20. The smallest absolute Gasteiger partial charge is 0.107 e. The molecule has 0 spiro atoms. The fourth-order valence-electron chi connectivity index (χ4n) is 3.24. The number of nitrogens with one attached hydrogen (secondary N) is 1. The SMILES string of the molecule is CCCC1CN(Cc2nc(C)c(C)s2)C(C(C)CC)CN1. The summed E-state index contributed by atoms with van der Waals surface area (Å²) in [5, 5.41) is 5.05. The minimum atomic E-state index is 0.646. The first-order valence-electron chi connectivity index (χ1n) is 8.45. The summed E-state index contributed by atoms with van der Waals surface area (Å²) in [5.74, 6) is 0.738. The molecular weight excluding hydrogens is 278 g/mol. The van der Waals surface area contributed by atoms with Crippen molar-refractivity contribution in [1.29, 1.82) is 0 Å². The van der Waals surface area contributed by atoms with Crippen LogP contribution < -0.4 is 5.32 Å². The summed E-state index contributed by atoms with van der Waals surface area (Å²) < 4.78 is 0. The lowest BCUT2D eigenvalue weighted by atomic mass is 9.93. The minimum absolute atomic E-state index is 0.646. The lowest BCUT2D eigenvalue weighted by Crippen LogP contribution is -2.58. The molecule has 4 heteroatoms. The summed E-state index contributed by atoms with van der Waals surface area (Å²) >= 11 is 1.87. The Balaban J connectivity index is 2.08. The molecule has 1 aliphatic heterocycles. The summed E-state index contributed by atoms with van der Waals surface area (Å²) in [7, 11) is 0. The van der Waals surface area contributed by atoms with Crippen LogP contribution in [0, 0.1) is 19.8 Å².